The largest absolute Gasteiger partial charge is 0.476 e. The first kappa shape index (κ1) is 9.01. The highest BCUT2D eigenvalue weighted by molar-refractivity contribution is 5.01. The van der Waals surface area contributed by atoms with Gasteiger partial charge in [0.2, 0.25) is 0 Å². The Hall–Kier alpha value is -0.990. The predicted molar refractivity (Wildman–Crippen MR) is 39.0 cm³/mol. The van der Waals surface area contributed by atoms with E-state index in [2.05, 4.69) is 9.68 Å². The van der Waals surface area contributed by atoms with Crippen LogP contribution in [0.2, 0.25) is 0 Å². The number of aromatic nitrogens is 1. The van der Waals surface area contributed by atoms with Crippen molar-refractivity contribution >= 4 is 0 Å². The van der Waals surface area contributed by atoms with Crippen LogP contribution in [0, 0.1) is 0 Å². The zero-order valence-electron chi connectivity index (χ0n) is 6.63. The van der Waals surface area contributed by atoms with Gasteiger partial charge in [0, 0.05) is 6.07 Å². The van der Waals surface area contributed by atoms with E-state index in [0.717, 1.165) is 0 Å². The summed E-state index contributed by atoms with van der Waals surface area (Å²) in [6.07, 6.45) is 1.48. The Morgan fingerprint density at radius 2 is 2.30 bits per heavy atom. The van der Waals surface area contributed by atoms with Crippen molar-refractivity contribution in [2.75, 3.05) is 6.61 Å². The Balaban J connectivity index is 0.000000371. The third-order valence-corrected chi connectivity index (χ3v) is 0.706. The van der Waals surface area contributed by atoms with Gasteiger partial charge in [-0.1, -0.05) is 13.8 Å². The van der Waals surface area contributed by atoms with Crippen molar-refractivity contribution in [1.82, 2.24) is 5.16 Å². The van der Waals surface area contributed by atoms with Gasteiger partial charge in [-0.05, 0) is 12.1 Å². The normalized spacial score (nSPS) is 7.90. The molecule has 0 atom stereocenters. The zero-order valence-corrected chi connectivity index (χ0v) is 6.63. The molecule has 3 heteroatoms. The van der Waals surface area contributed by atoms with E-state index in [1.54, 1.807) is 6.07 Å². The Labute approximate surface area is 61.0 Å². The highest BCUT2D eigenvalue weighted by Gasteiger charge is 1.90. The summed E-state index contributed by atoms with van der Waals surface area (Å²) < 4.78 is 9.43. The molecule has 0 amide bonds. The quantitative estimate of drug-likeness (QED) is 0.636. The van der Waals surface area contributed by atoms with Crippen LogP contribution in [0.25, 0.3) is 0 Å². The van der Waals surface area contributed by atoms with Crippen molar-refractivity contribution in [2.45, 2.75) is 20.8 Å². The van der Waals surface area contributed by atoms with Crippen molar-refractivity contribution in [3.8, 4) is 5.88 Å². The van der Waals surface area contributed by atoms with Crippen LogP contribution in [0.1, 0.15) is 20.8 Å². The molecule has 0 fully saturated rings. The van der Waals surface area contributed by atoms with Crippen LogP contribution in [-0.4, -0.2) is 11.8 Å². The molecule has 0 spiro atoms. The molecule has 0 aromatic carbocycles. The van der Waals surface area contributed by atoms with Crippen LogP contribution in [-0.2, 0) is 0 Å². The molecule has 1 heterocycles. The Bertz CT molecular complexity index is 137. The Morgan fingerprint density at radius 3 is 2.70 bits per heavy atom. The van der Waals surface area contributed by atoms with Gasteiger partial charge >= 0.3 is 0 Å². The summed E-state index contributed by atoms with van der Waals surface area (Å²) >= 11 is 0. The molecular formula is C7H13NO2. The molecule has 1 rings (SSSR count). The number of nitrogens with zero attached hydrogens (tertiary/aromatic N) is 1. The average Bonchev–Trinajstić information content (AvgIpc) is 2.46. The third kappa shape index (κ3) is 3.12. The minimum Gasteiger partial charge on any atom is -0.476 e. The fraction of sp³-hybridized carbons (Fsp3) is 0.571. The second-order valence-corrected chi connectivity index (χ2v) is 1.27. The number of ether oxygens (including phenoxy) is 1. The molecule has 0 unspecified atom stereocenters. The van der Waals surface area contributed by atoms with Crippen molar-refractivity contribution < 1.29 is 9.26 Å². The molecule has 3 nitrogen and oxygen atoms in total. The van der Waals surface area contributed by atoms with Gasteiger partial charge in [0.25, 0.3) is 5.88 Å². The molecule has 1 aromatic heterocycles. The lowest BCUT2D eigenvalue weighted by Gasteiger charge is -1.90. The van der Waals surface area contributed by atoms with E-state index >= 15 is 0 Å². The molecule has 0 aliphatic carbocycles. The maximum Gasteiger partial charge on any atom is 0.253 e. The molecule has 0 radical (unpaired) electrons. The second kappa shape index (κ2) is 6.13. The van der Waals surface area contributed by atoms with Crippen molar-refractivity contribution in [3.63, 3.8) is 0 Å². The summed E-state index contributed by atoms with van der Waals surface area (Å²) in [5.41, 5.74) is 0. The first-order chi connectivity index (χ1) is 4.93. The van der Waals surface area contributed by atoms with Gasteiger partial charge < -0.3 is 9.26 Å². The first-order valence-corrected chi connectivity index (χ1v) is 3.46. The van der Waals surface area contributed by atoms with Crippen LogP contribution >= 0.6 is 0 Å². The van der Waals surface area contributed by atoms with E-state index in [4.69, 9.17) is 4.74 Å². The fourth-order valence-corrected chi connectivity index (χ4v) is 0.424. The van der Waals surface area contributed by atoms with E-state index in [0.29, 0.717) is 12.5 Å². The van der Waals surface area contributed by atoms with Crippen LogP contribution in [0.5, 0.6) is 5.88 Å². The third-order valence-electron chi connectivity index (χ3n) is 0.706. The van der Waals surface area contributed by atoms with Gasteiger partial charge in [-0.3, -0.25) is 0 Å². The number of rotatable bonds is 2. The molecule has 10 heavy (non-hydrogen) atoms. The predicted octanol–water partition coefficient (Wildman–Crippen LogP) is 2.10. The smallest absolute Gasteiger partial charge is 0.253 e. The molecule has 0 bridgehead atoms. The lowest BCUT2D eigenvalue weighted by Crippen LogP contribution is -1.89. The highest BCUT2D eigenvalue weighted by atomic mass is 16.5. The monoisotopic (exact) mass is 143 g/mol. The minimum atomic E-state index is 0.549. The zero-order chi connectivity index (χ0) is 7.82. The number of hydrogen-bond donors (Lipinski definition) is 0. The molecule has 0 aliphatic rings. The Morgan fingerprint density at radius 1 is 1.60 bits per heavy atom. The van der Waals surface area contributed by atoms with E-state index in [-0.39, 0.29) is 0 Å². The topological polar surface area (TPSA) is 35.3 Å². The van der Waals surface area contributed by atoms with Gasteiger partial charge in [0.15, 0.2) is 0 Å². The molecule has 0 saturated heterocycles. The van der Waals surface area contributed by atoms with E-state index in [9.17, 15) is 0 Å². The first-order valence-electron chi connectivity index (χ1n) is 3.46. The fourth-order valence-electron chi connectivity index (χ4n) is 0.424. The maximum atomic E-state index is 4.94. The van der Waals surface area contributed by atoms with Crippen LogP contribution in [0.3, 0.4) is 0 Å². The molecule has 0 saturated carbocycles. The van der Waals surface area contributed by atoms with Crippen LogP contribution < -0.4 is 4.74 Å². The lowest BCUT2D eigenvalue weighted by atomic mass is 10.7. The lowest BCUT2D eigenvalue weighted by molar-refractivity contribution is 0.295. The van der Waals surface area contributed by atoms with Gasteiger partial charge in [0.05, 0.1) is 6.61 Å². The van der Waals surface area contributed by atoms with Crippen molar-refractivity contribution in [1.29, 1.82) is 0 Å². The molecule has 0 N–H and O–H groups in total. The van der Waals surface area contributed by atoms with Gasteiger partial charge in [0.1, 0.15) is 6.26 Å². The Kier molecular flexibility index (Phi) is 5.53. The summed E-state index contributed by atoms with van der Waals surface area (Å²) in [4.78, 5) is 0. The summed E-state index contributed by atoms with van der Waals surface area (Å²) in [5.74, 6) is 0.549. The van der Waals surface area contributed by atoms with E-state index < -0.39 is 0 Å². The van der Waals surface area contributed by atoms with Crippen molar-refractivity contribution in [2.24, 2.45) is 0 Å². The van der Waals surface area contributed by atoms with Crippen molar-refractivity contribution in [3.05, 3.63) is 12.3 Å². The van der Waals surface area contributed by atoms with Gasteiger partial charge in [-0.15, -0.1) is 0 Å². The van der Waals surface area contributed by atoms with E-state index in [1.165, 1.54) is 6.26 Å². The molecule has 1 aromatic rings. The standard InChI is InChI=1S/C5H7NO2.C2H6/c1-2-7-5-3-4-8-6-5;1-2/h3-4H,2H2,1H3;1-2H3. The molecule has 58 valence electrons. The molecule has 0 aliphatic heterocycles. The second-order valence-electron chi connectivity index (χ2n) is 1.27. The summed E-state index contributed by atoms with van der Waals surface area (Å²) in [7, 11) is 0. The SMILES string of the molecule is CC.CCOc1ccon1. The average molecular weight is 143 g/mol. The van der Waals surface area contributed by atoms with Crippen LogP contribution in [0.4, 0.5) is 0 Å². The summed E-state index contributed by atoms with van der Waals surface area (Å²) in [5, 5.41) is 3.51. The summed E-state index contributed by atoms with van der Waals surface area (Å²) in [6, 6.07) is 1.67. The van der Waals surface area contributed by atoms with Gasteiger partial charge in [-0.25, -0.2) is 0 Å². The minimum absolute atomic E-state index is 0.549. The molecular weight excluding hydrogens is 130 g/mol. The summed E-state index contributed by atoms with van der Waals surface area (Å²) in [6.45, 7) is 6.53. The van der Waals surface area contributed by atoms with Crippen LogP contribution in [0.15, 0.2) is 16.9 Å². The number of hydrogen-bond acceptors (Lipinski definition) is 3. The highest BCUT2D eigenvalue weighted by Crippen LogP contribution is 2.02. The van der Waals surface area contributed by atoms with Gasteiger partial charge in [-0.2, -0.15) is 0 Å². The van der Waals surface area contributed by atoms with E-state index in [1.807, 2.05) is 20.8 Å². The maximum absolute atomic E-state index is 4.94.